The Balaban J connectivity index is 1.49. The molecule has 7 heteroatoms. The maximum absolute atomic E-state index is 14.0. The Bertz CT molecular complexity index is 1210. The second kappa shape index (κ2) is 10.4. The van der Waals surface area contributed by atoms with Gasteiger partial charge in [-0.15, -0.1) is 0 Å². The van der Waals surface area contributed by atoms with Gasteiger partial charge in [-0.3, -0.25) is 4.79 Å². The third kappa shape index (κ3) is 5.19. The van der Waals surface area contributed by atoms with Gasteiger partial charge in [0.2, 0.25) is 0 Å². The molecular weight excluding hydrogens is 433 g/mol. The Morgan fingerprint density at radius 1 is 1.21 bits per heavy atom. The summed E-state index contributed by atoms with van der Waals surface area (Å²) in [6, 6.07) is 21.2. The average Bonchev–Trinajstić information content (AvgIpc) is 2.86. The topological polar surface area (TPSA) is 94.4 Å². The lowest BCUT2D eigenvalue weighted by Crippen LogP contribution is -2.43. The Labute approximate surface area is 198 Å². The van der Waals surface area contributed by atoms with Crippen molar-refractivity contribution in [2.24, 2.45) is 0 Å². The SMILES string of the molecule is CC(C(=O)O)c1ccc(CCN[C@H](c2cccc(F)c2)[C@H]2CNc3cccc(C#N)c3O2)cc1. The van der Waals surface area contributed by atoms with Gasteiger partial charge in [0.15, 0.2) is 5.75 Å². The molecule has 0 saturated carbocycles. The number of benzene rings is 3. The number of carboxylic acid groups (broad SMARTS) is 1. The normalized spacial score (nSPS) is 16.3. The number of fused-ring (bicyclic) bond motifs is 1. The molecule has 0 saturated heterocycles. The van der Waals surface area contributed by atoms with Crippen molar-refractivity contribution >= 4 is 11.7 Å². The Morgan fingerprint density at radius 2 is 1.97 bits per heavy atom. The van der Waals surface area contributed by atoms with Gasteiger partial charge < -0.3 is 20.5 Å². The van der Waals surface area contributed by atoms with Crippen LogP contribution in [0.2, 0.25) is 0 Å². The maximum Gasteiger partial charge on any atom is 0.310 e. The van der Waals surface area contributed by atoms with E-state index in [-0.39, 0.29) is 18.0 Å². The minimum absolute atomic E-state index is 0.311. The fourth-order valence-electron chi connectivity index (χ4n) is 4.13. The highest BCUT2D eigenvalue weighted by molar-refractivity contribution is 5.75. The molecule has 3 N–H and O–H groups in total. The van der Waals surface area contributed by atoms with Crippen molar-refractivity contribution in [3.05, 3.63) is 94.8 Å². The molecule has 1 unspecified atom stereocenters. The fraction of sp³-hybridized carbons (Fsp3) is 0.259. The average molecular weight is 460 g/mol. The highest BCUT2D eigenvalue weighted by Crippen LogP contribution is 2.35. The summed E-state index contributed by atoms with van der Waals surface area (Å²) in [7, 11) is 0. The standard InChI is InChI=1S/C27H26FN3O3/c1-17(27(32)33)19-10-8-18(9-11-19)12-13-30-25(20-4-2-6-22(28)14-20)24-16-31-23-7-3-5-21(15-29)26(23)34-24/h2-11,14,17,24-25,30-31H,12-13,16H2,1H3,(H,32,33)/t17?,24-,25-/m1/s1. The molecule has 0 bridgehead atoms. The number of anilines is 1. The summed E-state index contributed by atoms with van der Waals surface area (Å²) >= 11 is 0. The first-order valence-electron chi connectivity index (χ1n) is 11.2. The van der Waals surface area contributed by atoms with E-state index in [9.17, 15) is 19.6 Å². The van der Waals surface area contributed by atoms with Gasteiger partial charge in [-0.1, -0.05) is 42.5 Å². The molecule has 0 aromatic heterocycles. The number of aliphatic carboxylic acids is 1. The zero-order valence-electron chi connectivity index (χ0n) is 18.8. The number of ether oxygens (including phenoxy) is 1. The molecule has 0 radical (unpaired) electrons. The molecule has 0 amide bonds. The maximum atomic E-state index is 14.0. The van der Waals surface area contributed by atoms with Crippen molar-refractivity contribution in [1.29, 1.82) is 5.26 Å². The van der Waals surface area contributed by atoms with Gasteiger partial charge in [-0.25, -0.2) is 4.39 Å². The number of hydrogen-bond acceptors (Lipinski definition) is 5. The number of carbonyl (C=O) groups is 1. The molecule has 1 aliphatic rings. The molecule has 6 nitrogen and oxygen atoms in total. The lowest BCUT2D eigenvalue weighted by Gasteiger charge is -2.34. The molecule has 3 aromatic carbocycles. The molecule has 1 aliphatic heterocycles. The molecule has 0 spiro atoms. The van der Waals surface area contributed by atoms with Crippen LogP contribution < -0.4 is 15.4 Å². The molecule has 4 rings (SSSR count). The van der Waals surface area contributed by atoms with Crippen molar-refractivity contribution in [2.45, 2.75) is 31.4 Å². The Kier molecular flexibility index (Phi) is 7.09. The molecule has 1 heterocycles. The van der Waals surface area contributed by atoms with Crippen LogP contribution >= 0.6 is 0 Å². The van der Waals surface area contributed by atoms with E-state index in [1.165, 1.54) is 12.1 Å². The molecule has 0 fully saturated rings. The molecule has 3 aromatic rings. The van der Waals surface area contributed by atoms with E-state index in [0.29, 0.717) is 30.8 Å². The largest absolute Gasteiger partial charge is 0.483 e. The lowest BCUT2D eigenvalue weighted by atomic mass is 9.98. The summed E-state index contributed by atoms with van der Waals surface area (Å²) in [4.78, 5) is 11.2. The van der Waals surface area contributed by atoms with Crippen molar-refractivity contribution in [3.8, 4) is 11.8 Å². The summed E-state index contributed by atoms with van der Waals surface area (Å²) in [5.74, 6) is -1.22. The van der Waals surface area contributed by atoms with Gasteiger partial charge in [0.1, 0.15) is 18.0 Å². The Morgan fingerprint density at radius 3 is 2.68 bits per heavy atom. The minimum atomic E-state index is -0.852. The van der Waals surface area contributed by atoms with Gasteiger partial charge in [-0.05, 0) is 60.8 Å². The molecule has 3 atom stereocenters. The van der Waals surface area contributed by atoms with E-state index < -0.39 is 11.9 Å². The van der Waals surface area contributed by atoms with Gasteiger partial charge in [-0.2, -0.15) is 5.26 Å². The van der Waals surface area contributed by atoms with Crippen LogP contribution in [0.15, 0.2) is 66.7 Å². The summed E-state index contributed by atoms with van der Waals surface area (Å²) in [6.45, 7) is 2.76. The number of rotatable bonds is 8. The van der Waals surface area contributed by atoms with E-state index in [1.807, 2.05) is 36.4 Å². The van der Waals surface area contributed by atoms with Crippen molar-refractivity contribution in [1.82, 2.24) is 5.32 Å². The van der Waals surface area contributed by atoms with Gasteiger partial charge >= 0.3 is 5.97 Å². The summed E-state index contributed by atoms with van der Waals surface area (Å²) in [5.41, 5.74) is 3.80. The number of nitriles is 1. The second-order valence-electron chi connectivity index (χ2n) is 8.37. The van der Waals surface area contributed by atoms with Crippen LogP contribution in [-0.2, 0) is 11.2 Å². The van der Waals surface area contributed by atoms with E-state index >= 15 is 0 Å². The first-order chi connectivity index (χ1) is 16.5. The monoisotopic (exact) mass is 459 g/mol. The van der Waals surface area contributed by atoms with Crippen LogP contribution in [-0.4, -0.2) is 30.3 Å². The van der Waals surface area contributed by atoms with E-state index in [1.54, 1.807) is 25.1 Å². The number of carboxylic acids is 1. The van der Waals surface area contributed by atoms with Gasteiger partial charge in [0.25, 0.3) is 0 Å². The predicted octanol–water partition coefficient (Wildman–Crippen LogP) is 4.63. The van der Waals surface area contributed by atoms with Crippen molar-refractivity contribution in [3.63, 3.8) is 0 Å². The fourth-order valence-corrected chi connectivity index (χ4v) is 4.13. The number of halogens is 1. The first kappa shape index (κ1) is 23.3. The zero-order chi connectivity index (χ0) is 24.1. The van der Waals surface area contributed by atoms with E-state index in [2.05, 4.69) is 16.7 Å². The van der Waals surface area contributed by atoms with Gasteiger partial charge in [0, 0.05) is 0 Å². The summed E-state index contributed by atoms with van der Waals surface area (Å²) in [5, 5.41) is 25.5. The highest BCUT2D eigenvalue weighted by Gasteiger charge is 2.30. The predicted molar refractivity (Wildman–Crippen MR) is 127 cm³/mol. The van der Waals surface area contributed by atoms with Crippen LogP contribution in [0.4, 0.5) is 10.1 Å². The minimum Gasteiger partial charge on any atom is -0.483 e. The molecule has 34 heavy (non-hydrogen) atoms. The summed E-state index contributed by atoms with van der Waals surface area (Å²) in [6.07, 6.45) is 0.343. The van der Waals surface area contributed by atoms with Gasteiger partial charge in [0.05, 0.1) is 29.8 Å². The smallest absolute Gasteiger partial charge is 0.310 e. The molecule has 0 aliphatic carbocycles. The van der Waals surface area contributed by atoms with Crippen molar-refractivity contribution in [2.75, 3.05) is 18.4 Å². The second-order valence-corrected chi connectivity index (χ2v) is 8.37. The Hall–Kier alpha value is -3.89. The number of nitrogens with one attached hydrogen (secondary N) is 2. The molecular formula is C27H26FN3O3. The number of para-hydroxylation sites is 1. The van der Waals surface area contributed by atoms with Crippen LogP contribution in [0.1, 0.15) is 41.1 Å². The lowest BCUT2D eigenvalue weighted by molar-refractivity contribution is -0.138. The molecule has 174 valence electrons. The third-order valence-corrected chi connectivity index (χ3v) is 6.11. The third-order valence-electron chi connectivity index (χ3n) is 6.11. The van der Waals surface area contributed by atoms with Crippen LogP contribution in [0, 0.1) is 17.1 Å². The quantitative estimate of drug-likeness (QED) is 0.455. The summed E-state index contributed by atoms with van der Waals surface area (Å²) < 4.78 is 20.3. The zero-order valence-corrected chi connectivity index (χ0v) is 18.8. The van der Waals surface area contributed by atoms with Crippen LogP contribution in [0.3, 0.4) is 0 Å². The van der Waals surface area contributed by atoms with E-state index in [0.717, 1.165) is 22.4 Å². The van der Waals surface area contributed by atoms with Crippen LogP contribution in [0.25, 0.3) is 0 Å². The van der Waals surface area contributed by atoms with E-state index in [4.69, 9.17) is 4.74 Å². The number of hydrogen-bond donors (Lipinski definition) is 3. The first-order valence-corrected chi connectivity index (χ1v) is 11.2. The highest BCUT2D eigenvalue weighted by atomic mass is 19.1. The number of nitrogens with zero attached hydrogens (tertiary/aromatic N) is 1. The van der Waals surface area contributed by atoms with Crippen LogP contribution in [0.5, 0.6) is 5.75 Å². The van der Waals surface area contributed by atoms with Crippen molar-refractivity contribution < 1.29 is 19.0 Å².